The first-order valence-corrected chi connectivity index (χ1v) is 11.2. The average Bonchev–Trinajstić information content (AvgIpc) is 3.37. The maximum atomic E-state index is 6.36. The van der Waals surface area contributed by atoms with Crippen molar-refractivity contribution in [3.05, 3.63) is 113 Å². The topological polar surface area (TPSA) is 25.5 Å². The van der Waals surface area contributed by atoms with Crippen molar-refractivity contribution in [2.24, 2.45) is 4.99 Å². The predicted octanol–water partition coefficient (Wildman–Crippen LogP) is 8.15. The summed E-state index contributed by atoms with van der Waals surface area (Å²) in [6.07, 6.45) is 0. The highest BCUT2D eigenvalue weighted by Crippen LogP contribution is 2.44. The summed E-state index contributed by atoms with van der Waals surface area (Å²) in [5, 5.41) is 2.28. The molecule has 2 heteroatoms. The lowest BCUT2D eigenvalue weighted by molar-refractivity contribution is 0.590. The lowest BCUT2D eigenvalue weighted by atomic mass is 9.82. The number of aliphatic imine (C=N–C) groups is 1. The van der Waals surface area contributed by atoms with E-state index in [1.165, 1.54) is 16.7 Å². The van der Waals surface area contributed by atoms with Gasteiger partial charge >= 0.3 is 0 Å². The van der Waals surface area contributed by atoms with Crippen LogP contribution in [0.4, 0.5) is 5.69 Å². The third-order valence-electron chi connectivity index (χ3n) is 6.55. The molecule has 0 saturated heterocycles. The van der Waals surface area contributed by atoms with Crippen molar-refractivity contribution in [2.45, 2.75) is 32.1 Å². The minimum Gasteiger partial charge on any atom is -0.455 e. The fourth-order valence-corrected chi connectivity index (χ4v) is 4.85. The van der Waals surface area contributed by atoms with Crippen molar-refractivity contribution in [1.82, 2.24) is 0 Å². The van der Waals surface area contributed by atoms with Gasteiger partial charge in [-0.1, -0.05) is 93.6 Å². The average molecular weight is 416 g/mol. The minimum absolute atomic E-state index is 0.0824. The Hall–Kier alpha value is -3.65. The summed E-state index contributed by atoms with van der Waals surface area (Å²) in [6, 6.07) is 32.2. The summed E-state index contributed by atoms with van der Waals surface area (Å²) in [7, 11) is 0. The summed E-state index contributed by atoms with van der Waals surface area (Å²) in [5.41, 5.74) is 8.97. The van der Waals surface area contributed by atoms with Gasteiger partial charge in [-0.2, -0.15) is 0 Å². The van der Waals surface area contributed by atoms with Crippen LogP contribution in [0.2, 0.25) is 0 Å². The minimum atomic E-state index is 0.0824. The van der Waals surface area contributed by atoms with Gasteiger partial charge in [-0.05, 0) is 40.3 Å². The summed E-state index contributed by atoms with van der Waals surface area (Å²) >= 11 is 0. The molecule has 1 aliphatic heterocycles. The Labute approximate surface area is 188 Å². The summed E-state index contributed by atoms with van der Waals surface area (Å²) < 4.78 is 6.36. The normalized spacial score (nSPS) is 15.8. The van der Waals surface area contributed by atoms with Gasteiger partial charge in [0.2, 0.25) is 0 Å². The molecule has 0 fully saturated rings. The first-order chi connectivity index (χ1) is 15.5. The van der Waals surface area contributed by atoms with E-state index in [-0.39, 0.29) is 11.3 Å². The Kier molecular flexibility index (Phi) is 4.13. The molecule has 2 heterocycles. The second-order valence-electron chi connectivity index (χ2n) is 9.64. The number of hydrogen-bond donors (Lipinski definition) is 0. The molecule has 0 N–H and O–H groups in total. The molecule has 32 heavy (non-hydrogen) atoms. The van der Waals surface area contributed by atoms with E-state index in [0.29, 0.717) is 0 Å². The van der Waals surface area contributed by atoms with Crippen molar-refractivity contribution in [3.8, 4) is 0 Å². The molecular weight excluding hydrogens is 390 g/mol. The zero-order chi connectivity index (χ0) is 21.9. The van der Waals surface area contributed by atoms with Crippen molar-refractivity contribution < 1.29 is 4.42 Å². The molecule has 0 aliphatic carbocycles. The molecule has 2 nitrogen and oxygen atoms in total. The number of nitrogens with zero attached hydrogens (tertiary/aromatic N) is 1. The summed E-state index contributed by atoms with van der Waals surface area (Å²) in [6.45, 7) is 6.76. The van der Waals surface area contributed by atoms with E-state index in [1.807, 2.05) is 12.1 Å². The third-order valence-corrected chi connectivity index (χ3v) is 6.55. The van der Waals surface area contributed by atoms with Crippen LogP contribution >= 0.6 is 0 Å². The highest BCUT2D eigenvalue weighted by atomic mass is 16.3. The van der Waals surface area contributed by atoms with Crippen LogP contribution in [0.3, 0.4) is 0 Å². The molecule has 0 spiro atoms. The van der Waals surface area contributed by atoms with Gasteiger partial charge in [-0.25, -0.2) is 0 Å². The zero-order valence-electron chi connectivity index (χ0n) is 18.6. The molecule has 1 unspecified atom stereocenters. The van der Waals surface area contributed by atoms with Gasteiger partial charge in [0.1, 0.15) is 11.2 Å². The standard InChI is InChI=1S/C30H25NO/c1-30(2,3)20-17-15-19(16-18-20)27-23-10-4-6-13-25(23)31-28(27)24-12-8-11-22-21-9-5-7-14-26(21)32-29(22)24/h4-18,27H,1-3H3. The van der Waals surface area contributed by atoms with Crippen LogP contribution in [-0.4, -0.2) is 5.71 Å². The van der Waals surface area contributed by atoms with Gasteiger partial charge < -0.3 is 4.42 Å². The fourth-order valence-electron chi connectivity index (χ4n) is 4.85. The quantitative estimate of drug-likeness (QED) is 0.285. The van der Waals surface area contributed by atoms with Crippen molar-refractivity contribution in [2.75, 3.05) is 0 Å². The van der Waals surface area contributed by atoms with E-state index in [0.717, 1.165) is 38.9 Å². The van der Waals surface area contributed by atoms with Crippen LogP contribution in [-0.2, 0) is 5.41 Å². The van der Waals surface area contributed by atoms with Gasteiger partial charge in [-0.3, -0.25) is 4.99 Å². The lowest BCUT2D eigenvalue weighted by Crippen LogP contribution is -2.14. The van der Waals surface area contributed by atoms with Crippen LogP contribution in [0, 0.1) is 0 Å². The van der Waals surface area contributed by atoms with Crippen LogP contribution < -0.4 is 0 Å². The Morgan fingerprint density at radius 1 is 0.719 bits per heavy atom. The van der Waals surface area contributed by atoms with Gasteiger partial charge in [0, 0.05) is 16.3 Å². The number of rotatable bonds is 2. The number of hydrogen-bond acceptors (Lipinski definition) is 2. The molecular formula is C30H25NO. The Bertz CT molecular complexity index is 1500. The van der Waals surface area contributed by atoms with Crippen molar-refractivity contribution in [3.63, 3.8) is 0 Å². The molecule has 5 aromatic rings. The van der Waals surface area contributed by atoms with E-state index >= 15 is 0 Å². The number of benzene rings is 4. The van der Waals surface area contributed by atoms with E-state index in [9.17, 15) is 0 Å². The largest absolute Gasteiger partial charge is 0.455 e. The number of furan rings is 1. The van der Waals surface area contributed by atoms with Crippen molar-refractivity contribution in [1.29, 1.82) is 0 Å². The number of para-hydroxylation sites is 3. The molecule has 1 aliphatic rings. The highest BCUT2D eigenvalue weighted by molar-refractivity contribution is 6.20. The Morgan fingerprint density at radius 3 is 2.25 bits per heavy atom. The fraction of sp³-hybridized carbons (Fsp3) is 0.167. The molecule has 4 aromatic carbocycles. The van der Waals surface area contributed by atoms with Crippen LogP contribution in [0.15, 0.2) is 100 Å². The predicted molar refractivity (Wildman–Crippen MR) is 133 cm³/mol. The summed E-state index contributed by atoms with van der Waals surface area (Å²) in [4.78, 5) is 5.13. The second-order valence-corrected chi connectivity index (χ2v) is 9.64. The van der Waals surface area contributed by atoms with Crippen molar-refractivity contribution >= 4 is 33.3 Å². The summed E-state index contributed by atoms with van der Waals surface area (Å²) in [5.74, 6) is 0.0824. The highest BCUT2D eigenvalue weighted by Gasteiger charge is 2.31. The SMILES string of the molecule is CC(C)(C)c1ccc(C2C(c3cccc4c3oc3ccccc34)=Nc3ccccc32)cc1. The molecule has 1 atom stereocenters. The maximum absolute atomic E-state index is 6.36. The molecule has 6 rings (SSSR count). The van der Waals surface area contributed by atoms with Gasteiger partial charge in [0.05, 0.1) is 17.3 Å². The van der Waals surface area contributed by atoms with E-state index in [2.05, 4.69) is 99.6 Å². The second kappa shape index (κ2) is 6.93. The zero-order valence-corrected chi connectivity index (χ0v) is 18.6. The first-order valence-electron chi connectivity index (χ1n) is 11.2. The van der Waals surface area contributed by atoms with Gasteiger partial charge in [-0.15, -0.1) is 0 Å². The van der Waals surface area contributed by atoms with Gasteiger partial charge in [0.25, 0.3) is 0 Å². The monoisotopic (exact) mass is 415 g/mol. The van der Waals surface area contributed by atoms with Crippen LogP contribution in [0.5, 0.6) is 0 Å². The Morgan fingerprint density at radius 2 is 1.44 bits per heavy atom. The smallest absolute Gasteiger partial charge is 0.144 e. The van der Waals surface area contributed by atoms with E-state index in [1.54, 1.807) is 0 Å². The molecule has 1 aromatic heterocycles. The number of fused-ring (bicyclic) bond motifs is 4. The lowest BCUT2D eigenvalue weighted by Gasteiger charge is -2.21. The van der Waals surface area contributed by atoms with Gasteiger partial charge in [0.15, 0.2) is 0 Å². The molecule has 0 saturated carbocycles. The maximum Gasteiger partial charge on any atom is 0.144 e. The molecule has 0 amide bonds. The third kappa shape index (κ3) is 2.90. The Balaban J connectivity index is 1.56. The van der Waals surface area contributed by atoms with Crippen LogP contribution in [0.1, 0.15) is 48.9 Å². The van der Waals surface area contributed by atoms with E-state index in [4.69, 9.17) is 9.41 Å². The van der Waals surface area contributed by atoms with E-state index < -0.39 is 0 Å². The first kappa shape index (κ1) is 19.1. The molecule has 156 valence electrons. The molecule has 0 bridgehead atoms. The van der Waals surface area contributed by atoms with Crippen LogP contribution in [0.25, 0.3) is 21.9 Å². The molecule has 0 radical (unpaired) electrons.